The number of aromatic nitrogens is 1. The first-order valence-electron chi connectivity index (χ1n) is 12.8. The van der Waals surface area contributed by atoms with Crippen LogP contribution in [0.1, 0.15) is 38.8 Å². The van der Waals surface area contributed by atoms with Crippen LogP contribution in [0.15, 0.2) is 97.2 Å². The predicted octanol–water partition coefficient (Wildman–Crippen LogP) is 8.31. The van der Waals surface area contributed by atoms with Crippen molar-refractivity contribution in [2.75, 3.05) is 9.80 Å². The molecule has 2 aliphatic heterocycles. The Balaban J connectivity index is 0.000000191. The summed E-state index contributed by atoms with van der Waals surface area (Å²) in [5, 5.41) is 2.59. The number of rotatable bonds is 2. The summed E-state index contributed by atoms with van der Waals surface area (Å²) in [5.74, 6) is 0. The first kappa shape index (κ1) is 26.2. The maximum Gasteiger partial charge on any atom is 3.00 e. The molecule has 1 aromatic heterocycles. The van der Waals surface area contributed by atoms with E-state index in [2.05, 4.69) is 110 Å². The molecule has 38 heavy (non-hydrogen) atoms. The van der Waals surface area contributed by atoms with E-state index in [4.69, 9.17) is 0 Å². The second kappa shape index (κ2) is 10.4. The van der Waals surface area contributed by atoms with Crippen molar-refractivity contribution in [3.8, 4) is 11.3 Å². The second-order valence-electron chi connectivity index (χ2n) is 10.4. The Morgan fingerprint density at radius 1 is 0.868 bits per heavy atom. The van der Waals surface area contributed by atoms with Crippen LogP contribution >= 0.6 is 0 Å². The van der Waals surface area contributed by atoms with Gasteiger partial charge in [-0.3, -0.25) is 0 Å². The van der Waals surface area contributed by atoms with Crippen LogP contribution in [-0.2, 0) is 25.5 Å². The number of hydrogen-bond acceptors (Lipinski definition) is 3. The van der Waals surface area contributed by atoms with E-state index in [9.17, 15) is 0 Å². The first-order valence-corrected chi connectivity index (χ1v) is 12.8. The Morgan fingerprint density at radius 3 is 2.39 bits per heavy atom. The molecule has 0 amide bonds. The third-order valence-electron chi connectivity index (χ3n) is 7.35. The minimum absolute atomic E-state index is 0. The van der Waals surface area contributed by atoms with E-state index in [-0.39, 0.29) is 25.5 Å². The van der Waals surface area contributed by atoms with E-state index in [1.165, 1.54) is 39.0 Å². The Labute approximate surface area is 239 Å². The topological polar surface area (TPSA) is 19.4 Å². The van der Waals surface area contributed by atoms with Crippen LogP contribution < -0.4 is 9.80 Å². The van der Waals surface area contributed by atoms with Gasteiger partial charge in [-0.1, -0.05) is 62.0 Å². The predicted molar refractivity (Wildman–Crippen MR) is 154 cm³/mol. The summed E-state index contributed by atoms with van der Waals surface area (Å²) >= 11 is 0. The normalized spacial score (nSPS) is 14.3. The molecule has 3 nitrogen and oxygen atoms in total. The number of fused-ring (bicyclic) bond motifs is 4. The summed E-state index contributed by atoms with van der Waals surface area (Å²) in [7, 11) is 0. The van der Waals surface area contributed by atoms with Crippen LogP contribution in [-0.4, -0.2) is 11.0 Å². The fourth-order valence-electron chi connectivity index (χ4n) is 5.55. The summed E-state index contributed by atoms with van der Waals surface area (Å²) in [6.07, 6.45) is 1.79. The number of benzene rings is 4. The van der Waals surface area contributed by atoms with E-state index in [1.54, 1.807) is 6.20 Å². The average molecular weight is 673 g/mol. The smallest absolute Gasteiger partial charge is 0.499 e. The molecule has 4 heteroatoms. The molecule has 0 unspecified atom stereocenters. The standard InChI is InChI=1S/C23H22N2.C11H8N.Ir/c1-15(2)24-14-25-19-13-12-16-8-5-6-9-17(16)21(19)23(3,4)18-10-7-11-20(24)22(18)25;1-2-6-10(7-3-1)11-8-4-5-9-12-11;/h5-12,14-15H,1-4H3;1-6,8-9H;/q-2;-1;+3. The summed E-state index contributed by atoms with van der Waals surface area (Å²) in [5.41, 5.74) is 8.52. The zero-order chi connectivity index (χ0) is 25.6. The van der Waals surface area contributed by atoms with Crippen molar-refractivity contribution in [3.05, 3.63) is 127 Å². The Bertz CT molecular complexity index is 1520. The van der Waals surface area contributed by atoms with Crippen LogP contribution in [0.2, 0.25) is 0 Å². The molecule has 7 rings (SSSR count). The summed E-state index contributed by atoms with van der Waals surface area (Å²) in [4.78, 5) is 8.93. The van der Waals surface area contributed by atoms with Gasteiger partial charge in [0.1, 0.15) is 0 Å². The van der Waals surface area contributed by atoms with Gasteiger partial charge < -0.3 is 14.8 Å². The Kier molecular flexibility index (Phi) is 7.13. The quantitative estimate of drug-likeness (QED) is 0.176. The van der Waals surface area contributed by atoms with Gasteiger partial charge in [0.25, 0.3) is 0 Å². The minimum Gasteiger partial charge on any atom is -0.499 e. The number of hydrogen-bond donors (Lipinski definition) is 0. The van der Waals surface area contributed by atoms with Gasteiger partial charge in [0, 0.05) is 17.6 Å². The first-order chi connectivity index (χ1) is 18.0. The van der Waals surface area contributed by atoms with Gasteiger partial charge in [0.05, 0.1) is 0 Å². The molecule has 4 aromatic carbocycles. The van der Waals surface area contributed by atoms with Gasteiger partial charge in [0.2, 0.25) is 0 Å². The molecule has 0 saturated carbocycles. The third kappa shape index (κ3) is 4.32. The third-order valence-corrected chi connectivity index (χ3v) is 7.35. The zero-order valence-electron chi connectivity index (χ0n) is 22.1. The van der Waals surface area contributed by atoms with E-state index >= 15 is 0 Å². The van der Waals surface area contributed by atoms with Gasteiger partial charge in [0.15, 0.2) is 0 Å². The van der Waals surface area contributed by atoms with Crippen LogP contribution in [0.3, 0.4) is 0 Å². The van der Waals surface area contributed by atoms with Gasteiger partial charge >= 0.3 is 20.1 Å². The summed E-state index contributed by atoms with van der Waals surface area (Å²) in [6, 6.07) is 38.3. The maximum atomic E-state index is 4.22. The fourth-order valence-corrected chi connectivity index (χ4v) is 5.55. The molecular weight excluding hydrogens is 643 g/mol. The van der Waals surface area contributed by atoms with Crippen molar-refractivity contribution in [2.24, 2.45) is 0 Å². The summed E-state index contributed by atoms with van der Waals surface area (Å²) in [6.45, 7) is 11.4. The fraction of sp³-hybridized carbons (Fsp3) is 0.176. The van der Waals surface area contributed by atoms with Gasteiger partial charge in [-0.2, -0.15) is 18.8 Å². The van der Waals surface area contributed by atoms with E-state index < -0.39 is 0 Å². The Hall–Kier alpha value is -3.46. The van der Waals surface area contributed by atoms with E-state index in [0.29, 0.717) is 6.04 Å². The van der Waals surface area contributed by atoms with Crippen LogP contribution in [0.4, 0.5) is 17.1 Å². The maximum absolute atomic E-state index is 4.22. The Morgan fingerprint density at radius 2 is 1.66 bits per heavy atom. The molecule has 0 atom stereocenters. The monoisotopic (exact) mass is 673 g/mol. The van der Waals surface area contributed by atoms with E-state index in [1.807, 2.05) is 42.5 Å². The van der Waals surface area contributed by atoms with Crippen molar-refractivity contribution in [1.29, 1.82) is 0 Å². The molecule has 0 fully saturated rings. The summed E-state index contributed by atoms with van der Waals surface area (Å²) < 4.78 is 0. The van der Waals surface area contributed by atoms with Crippen molar-refractivity contribution in [3.63, 3.8) is 0 Å². The molecule has 5 aromatic rings. The molecule has 0 radical (unpaired) electrons. The average Bonchev–Trinajstić information content (AvgIpc) is 3.33. The molecular formula is C34H30IrN3. The zero-order valence-corrected chi connectivity index (χ0v) is 24.5. The van der Waals surface area contributed by atoms with Crippen molar-refractivity contribution in [1.82, 2.24) is 4.98 Å². The van der Waals surface area contributed by atoms with Gasteiger partial charge in [-0.15, -0.1) is 58.3 Å². The SMILES string of the molecule is CC(C)N1[CH-]N2c3[c-]cc4ccccc4c3C(C)(C)c3cccc1c32.[Ir+3].[c-]1ccccc1-c1ccccn1. The number of anilines is 3. The number of nitrogens with zero attached hydrogens (tertiary/aromatic N) is 3. The van der Waals surface area contributed by atoms with E-state index in [0.717, 1.165) is 11.3 Å². The molecule has 3 heterocycles. The van der Waals surface area contributed by atoms with Crippen LogP contribution in [0.25, 0.3) is 22.0 Å². The largest absolute Gasteiger partial charge is 3.00 e. The molecule has 0 saturated heterocycles. The van der Waals surface area contributed by atoms with Gasteiger partial charge in [-0.25, -0.2) is 0 Å². The second-order valence-corrected chi connectivity index (χ2v) is 10.4. The van der Waals surface area contributed by atoms with Gasteiger partial charge in [-0.05, 0) is 48.7 Å². The molecule has 2 aliphatic rings. The molecule has 0 bridgehead atoms. The van der Waals surface area contributed by atoms with Crippen molar-refractivity contribution >= 4 is 27.8 Å². The molecule has 190 valence electrons. The number of pyridine rings is 1. The molecule has 0 aliphatic carbocycles. The number of para-hydroxylation sites is 1. The molecule has 0 N–H and O–H groups in total. The van der Waals surface area contributed by atoms with Crippen molar-refractivity contribution < 1.29 is 20.1 Å². The van der Waals surface area contributed by atoms with Crippen molar-refractivity contribution in [2.45, 2.75) is 39.2 Å². The molecule has 0 spiro atoms. The van der Waals surface area contributed by atoms with Crippen LogP contribution in [0.5, 0.6) is 0 Å². The van der Waals surface area contributed by atoms with Crippen LogP contribution in [0, 0.1) is 18.8 Å². The minimum atomic E-state index is -0.0601.